The highest BCUT2D eigenvalue weighted by Gasteiger charge is 2.38. The number of aliphatic carboxylic acids is 1. The molecule has 1 unspecified atom stereocenters. The van der Waals surface area contributed by atoms with Crippen molar-refractivity contribution in [2.75, 3.05) is 6.54 Å². The zero-order valence-corrected chi connectivity index (χ0v) is 11.0. The number of nitrogens with zero attached hydrogens (tertiary/aromatic N) is 1. The Morgan fingerprint density at radius 3 is 2.65 bits per heavy atom. The molecule has 1 aliphatic heterocycles. The monoisotopic (exact) mass is 242 g/mol. The summed E-state index contributed by atoms with van der Waals surface area (Å²) in [6.07, 6.45) is 0.367. The van der Waals surface area contributed by atoms with E-state index in [1.54, 1.807) is 0 Å². The van der Waals surface area contributed by atoms with Gasteiger partial charge >= 0.3 is 5.97 Å². The van der Waals surface area contributed by atoms with Crippen LogP contribution in [0.1, 0.15) is 40.5 Å². The van der Waals surface area contributed by atoms with Crippen molar-refractivity contribution in [2.24, 2.45) is 0 Å². The first-order valence-electron chi connectivity index (χ1n) is 6.03. The molecule has 1 heterocycles. The summed E-state index contributed by atoms with van der Waals surface area (Å²) in [5.41, 5.74) is -0.165. The van der Waals surface area contributed by atoms with Gasteiger partial charge in [-0.05, 0) is 34.1 Å². The second-order valence-corrected chi connectivity index (χ2v) is 5.57. The molecule has 1 amide bonds. The molecule has 1 fully saturated rings. The average Bonchev–Trinajstić information content (AvgIpc) is 2.18. The summed E-state index contributed by atoms with van der Waals surface area (Å²) in [5.74, 6) is -0.848. The molecule has 1 rings (SSSR count). The number of amides is 1. The van der Waals surface area contributed by atoms with Crippen molar-refractivity contribution < 1.29 is 14.7 Å². The standard InChI is InChI=1S/C12H22N2O3/c1-8(2)14-7-12(3,4)13-9(11(14)17)5-6-10(15)16/h8-9,13H,5-7H2,1-4H3,(H,15,16). The lowest BCUT2D eigenvalue weighted by atomic mass is 9.95. The molecule has 1 aliphatic rings. The summed E-state index contributed by atoms with van der Waals surface area (Å²) >= 11 is 0. The lowest BCUT2D eigenvalue weighted by Crippen LogP contribution is -2.66. The normalized spacial score (nSPS) is 24.2. The van der Waals surface area contributed by atoms with Gasteiger partial charge < -0.3 is 10.0 Å². The minimum atomic E-state index is -0.862. The van der Waals surface area contributed by atoms with Crippen LogP contribution in [0.25, 0.3) is 0 Å². The van der Waals surface area contributed by atoms with Crippen molar-refractivity contribution in [3.63, 3.8) is 0 Å². The minimum absolute atomic E-state index is 0.0144. The molecule has 0 bridgehead atoms. The summed E-state index contributed by atoms with van der Waals surface area (Å²) in [6.45, 7) is 8.68. The van der Waals surface area contributed by atoms with Gasteiger partial charge in [-0.3, -0.25) is 14.9 Å². The predicted octanol–water partition coefficient (Wildman–Crippen LogP) is 0.839. The van der Waals surface area contributed by atoms with Gasteiger partial charge in [0.15, 0.2) is 0 Å². The topological polar surface area (TPSA) is 69.6 Å². The summed E-state index contributed by atoms with van der Waals surface area (Å²) in [6, 6.07) is -0.228. The Morgan fingerprint density at radius 2 is 2.18 bits per heavy atom. The van der Waals surface area contributed by atoms with Crippen LogP contribution in [0, 0.1) is 0 Å². The summed E-state index contributed by atoms with van der Waals surface area (Å²) in [7, 11) is 0. The maximum Gasteiger partial charge on any atom is 0.303 e. The second-order valence-electron chi connectivity index (χ2n) is 5.57. The van der Waals surface area contributed by atoms with E-state index in [0.29, 0.717) is 13.0 Å². The van der Waals surface area contributed by atoms with Gasteiger partial charge in [-0.25, -0.2) is 0 Å². The van der Waals surface area contributed by atoms with Crippen LogP contribution in [0.15, 0.2) is 0 Å². The molecule has 5 nitrogen and oxygen atoms in total. The smallest absolute Gasteiger partial charge is 0.303 e. The Hall–Kier alpha value is -1.10. The van der Waals surface area contributed by atoms with Crippen molar-refractivity contribution in [3.05, 3.63) is 0 Å². The fourth-order valence-corrected chi connectivity index (χ4v) is 2.18. The SMILES string of the molecule is CC(C)N1CC(C)(C)NC(CCC(=O)O)C1=O. The first kappa shape index (κ1) is 14.0. The van der Waals surface area contributed by atoms with Gasteiger partial charge in [-0.1, -0.05) is 0 Å². The number of rotatable bonds is 4. The Kier molecular flexibility index (Phi) is 4.14. The largest absolute Gasteiger partial charge is 0.481 e. The third-order valence-corrected chi connectivity index (χ3v) is 2.98. The molecule has 0 aromatic heterocycles. The van der Waals surface area contributed by atoms with Crippen LogP contribution in [0.3, 0.4) is 0 Å². The Labute approximate surface area is 102 Å². The van der Waals surface area contributed by atoms with Crippen LogP contribution in [-0.2, 0) is 9.59 Å². The van der Waals surface area contributed by atoms with E-state index >= 15 is 0 Å². The number of piperazine rings is 1. The van der Waals surface area contributed by atoms with E-state index in [2.05, 4.69) is 5.32 Å². The van der Waals surface area contributed by atoms with Gasteiger partial charge in [0.25, 0.3) is 0 Å². The van der Waals surface area contributed by atoms with Gasteiger partial charge in [-0.15, -0.1) is 0 Å². The first-order valence-corrected chi connectivity index (χ1v) is 6.03. The summed E-state index contributed by atoms with van der Waals surface area (Å²) in [5, 5.41) is 11.9. The van der Waals surface area contributed by atoms with Crippen LogP contribution < -0.4 is 5.32 Å². The molecule has 0 aromatic rings. The fraction of sp³-hybridized carbons (Fsp3) is 0.833. The number of carboxylic acid groups (broad SMARTS) is 1. The van der Waals surface area contributed by atoms with E-state index in [1.165, 1.54) is 0 Å². The second kappa shape index (κ2) is 5.04. The number of carbonyl (C=O) groups is 2. The van der Waals surface area contributed by atoms with Crippen LogP contribution in [0.4, 0.5) is 0 Å². The van der Waals surface area contributed by atoms with Crippen molar-refractivity contribution in [1.29, 1.82) is 0 Å². The Balaban J connectivity index is 2.75. The van der Waals surface area contributed by atoms with Crippen molar-refractivity contribution >= 4 is 11.9 Å². The van der Waals surface area contributed by atoms with Gasteiger partial charge in [-0.2, -0.15) is 0 Å². The molecule has 0 radical (unpaired) electrons. The lowest BCUT2D eigenvalue weighted by molar-refractivity contribution is -0.142. The van der Waals surface area contributed by atoms with Crippen LogP contribution in [0.5, 0.6) is 0 Å². The maximum absolute atomic E-state index is 12.1. The highest BCUT2D eigenvalue weighted by atomic mass is 16.4. The zero-order valence-electron chi connectivity index (χ0n) is 11.0. The van der Waals surface area contributed by atoms with E-state index in [1.807, 2.05) is 32.6 Å². The molecule has 1 saturated heterocycles. The molecule has 0 aliphatic carbocycles. The number of hydrogen-bond donors (Lipinski definition) is 2. The van der Waals surface area contributed by atoms with Gasteiger partial charge in [0.05, 0.1) is 6.04 Å². The van der Waals surface area contributed by atoms with Crippen molar-refractivity contribution in [3.8, 4) is 0 Å². The molecule has 17 heavy (non-hydrogen) atoms. The molecule has 2 N–H and O–H groups in total. The Morgan fingerprint density at radius 1 is 1.59 bits per heavy atom. The molecule has 0 aromatic carbocycles. The highest BCUT2D eigenvalue weighted by molar-refractivity contribution is 5.84. The van der Waals surface area contributed by atoms with Gasteiger partial charge in [0.2, 0.25) is 5.91 Å². The molecule has 5 heteroatoms. The number of hydrogen-bond acceptors (Lipinski definition) is 3. The minimum Gasteiger partial charge on any atom is -0.481 e. The van der Waals surface area contributed by atoms with E-state index in [4.69, 9.17) is 5.11 Å². The fourth-order valence-electron chi connectivity index (χ4n) is 2.18. The predicted molar refractivity (Wildman–Crippen MR) is 64.7 cm³/mol. The molecule has 0 spiro atoms. The molecule has 98 valence electrons. The van der Waals surface area contributed by atoms with Crippen LogP contribution >= 0.6 is 0 Å². The van der Waals surface area contributed by atoms with Crippen molar-refractivity contribution in [2.45, 2.75) is 58.2 Å². The number of carboxylic acids is 1. The molecular formula is C12H22N2O3. The van der Waals surface area contributed by atoms with E-state index < -0.39 is 5.97 Å². The molecule has 1 atom stereocenters. The van der Waals surface area contributed by atoms with Crippen LogP contribution in [0.2, 0.25) is 0 Å². The molecular weight excluding hydrogens is 220 g/mol. The lowest BCUT2D eigenvalue weighted by Gasteiger charge is -2.45. The summed E-state index contributed by atoms with van der Waals surface area (Å²) in [4.78, 5) is 24.5. The zero-order chi connectivity index (χ0) is 13.2. The first-order chi connectivity index (χ1) is 7.73. The van der Waals surface area contributed by atoms with E-state index in [9.17, 15) is 9.59 Å². The number of carbonyl (C=O) groups excluding carboxylic acids is 1. The van der Waals surface area contributed by atoms with Crippen molar-refractivity contribution in [1.82, 2.24) is 10.2 Å². The van der Waals surface area contributed by atoms with E-state index in [0.717, 1.165) is 0 Å². The Bertz CT molecular complexity index is 313. The third-order valence-electron chi connectivity index (χ3n) is 2.98. The average molecular weight is 242 g/mol. The highest BCUT2D eigenvalue weighted by Crippen LogP contribution is 2.19. The summed E-state index contributed by atoms with van der Waals surface area (Å²) < 4.78 is 0. The maximum atomic E-state index is 12.1. The third kappa shape index (κ3) is 3.70. The van der Waals surface area contributed by atoms with E-state index in [-0.39, 0.29) is 30.0 Å². The van der Waals surface area contributed by atoms with Crippen LogP contribution in [-0.4, -0.2) is 46.1 Å². The van der Waals surface area contributed by atoms with Gasteiger partial charge in [0.1, 0.15) is 0 Å². The quantitative estimate of drug-likeness (QED) is 0.766. The van der Waals surface area contributed by atoms with Gasteiger partial charge in [0, 0.05) is 24.5 Å². The molecule has 0 saturated carbocycles. The number of nitrogens with one attached hydrogen (secondary N) is 1.